The van der Waals surface area contributed by atoms with Gasteiger partial charge in [0, 0.05) is 17.7 Å². The molecule has 0 bridgehead atoms. The molecule has 3 unspecified atom stereocenters. The van der Waals surface area contributed by atoms with E-state index < -0.39 is 17.5 Å². The van der Waals surface area contributed by atoms with E-state index in [0.717, 1.165) is 19.0 Å². The molecule has 0 radical (unpaired) electrons. The van der Waals surface area contributed by atoms with Crippen LogP contribution >= 0.6 is 0 Å². The SMILES string of the molecule is CCCNC(c1cc(F)c(F)cc1F)C1C2CCCC21. The van der Waals surface area contributed by atoms with E-state index in [1.807, 2.05) is 6.92 Å². The van der Waals surface area contributed by atoms with E-state index in [9.17, 15) is 13.2 Å². The summed E-state index contributed by atoms with van der Waals surface area (Å²) in [6.07, 6.45) is 4.55. The summed E-state index contributed by atoms with van der Waals surface area (Å²) in [5, 5.41) is 3.33. The molecule has 0 heterocycles. The van der Waals surface area contributed by atoms with Crippen LogP contribution in [0.4, 0.5) is 13.2 Å². The summed E-state index contributed by atoms with van der Waals surface area (Å²) in [6.45, 7) is 2.80. The fourth-order valence-electron chi connectivity index (χ4n) is 3.90. The molecule has 0 spiro atoms. The van der Waals surface area contributed by atoms with Gasteiger partial charge in [0.05, 0.1) is 0 Å². The predicted octanol–water partition coefficient (Wildman–Crippen LogP) is 4.19. The Balaban J connectivity index is 1.87. The first-order chi connectivity index (χ1) is 9.63. The van der Waals surface area contributed by atoms with Gasteiger partial charge in [-0.1, -0.05) is 13.3 Å². The van der Waals surface area contributed by atoms with E-state index in [0.29, 0.717) is 23.8 Å². The summed E-state index contributed by atoms with van der Waals surface area (Å²) in [4.78, 5) is 0. The topological polar surface area (TPSA) is 12.0 Å². The van der Waals surface area contributed by atoms with Crippen molar-refractivity contribution in [1.29, 1.82) is 0 Å². The molecular formula is C16H20F3N. The molecule has 2 aliphatic carbocycles. The van der Waals surface area contributed by atoms with Crippen molar-refractivity contribution in [3.8, 4) is 0 Å². The summed E-state index contributed by atoms with van der Waals surface area (Å²) in [5.74, 6) is -1.06. The molecule has 2 aliphatic rings. The van der Waals surface area contributed by atoms with Crippen LogP contribution in [-0.2, 0) is 0 Å². The maximum Gasteiger partial charge on any atom is 0.161 e. The first-order valence-corrected chi connectivity index (χ1v) is 7.51. The number of hydrogen-bond donors (Lipinski definition) is 1. The van der Waals surface area contributed by atoms with Crippen LogP contribution in [0.3, 0.4) is 0 Å². The second kappa shape index (κ2) is 5.40. The molecule has 3 atom stereocenters. The molecule has 3 rings (SSSR count). The third-order valence-corrected chi connectivity index (χ3v) is 4.85. The number of halogens is 3. The van der Waals surface area contributed by atoms with Crippen LogP contribution in [0.2, 0.25) is 0 Å². The number of benzene rings is 1. The van der Waals surface area contributed by atoms with E-state index in [-0.39, 0.29) is 11.6 Å². The summed E-state index contributed by atoms with van der Waals surface area (Å²) in [7, 11) is 0. The van der Waals surface area contributed by atoms with Gasteiger partial charge in [0.25, 0.3) is 0 Å². The van der Waals surface area contributed by atoms with Crippen LogP contribution in [-0.4, -0.2) is 6.54 Å². The monoisotopic (exact) mass is 283 g/mol. The molecule has 4 heteroatoms. The van der Waals surface area contributed by atoms with Gasteiger partial charge in [-0.3, -0.25) is 0 Å². The second-order valence-electron chi connectivity index (χ2n) is 6.06. The molecule has 2 saturated carbocycles. The van der Waals surface area contributed by atoms with Crippen LogP contribution in [0.5, 0.6) is 0 Å². The van der Waals surface area contributed by atoms with Gasteiger partial charge >= 0.3 is 0 Å². The van der Waals surface area contributed by atoms with E-state index in [1.165, 1.54) is 19.3 Å². The van der Waals surface area contributed by atoms with E-state index in [2.05, 4.69) is 5.32 Å². The normalized spacial score (nSPS) is 29.3. The van der Waals surface area contributed by atoms with Crippen molar-refractivity contribution in [2.45, 2.75) is 38.6 Å². The van der Waals surface area contributed by atoms with Crippen LogP contribution in [0.25, 0.3) is 0 Å². The maximum atomic E-state index is 14.0. The molecule has 110 valence electrons. The van der Waals surface area contributed by atoms with Crippen molar-refractivity contribution in [3.63, 3.8) is 0 Å². The Labute approximate surface area is 117 Å². The first kappa shape index (κ1) is 13.9. The average molecular weight is 283 g/mol. The molecule has 1 nitrogen and oxygen atoms in total. The minimum atomic E-state index is -1.11. The average Bonchev–Trinajstić information content (AvgIpc) is 2.88. The summed E-state index contributed by atoms with van der Waals surface area (Å²) >= 11 is 0. The van der Waals surface area contributed by atoms with Gasteiger partial charge in [-0.25, -0.2) is 13.2 Å². The zero-order valence-electron chi connectivity index (χ0n) is 11.6. The number of nitrogens with one attached hydrogen (secondary N) is 1. The summed E-state index contributed by atoms with van der Waals surface area (Å²) in [5.41, 5.74) is 0.289. The molecular weight excluding hydrogens is 263 g/mol. The van der Waals surface area contributed by atoms with Gasteiger partial charge in [-0.05, 0) is 49.6 Å². The van der Waals surface area contributed by atoms with Crippen molar-refractivity contribution in [2.75, 3.05) is 6.54 Å². The molecule has 0 aliphatic heterocycles. The highest BCUT2D eigenvalue weighted by molar-refractivity contribution is 5.27. The Morgan fingerprint density at radius 3 is 2.40 bits per heavy atom. The van der Waals surface area contributed by atoms with E-state index in [1.54, 1.807) is 0 Å². The quantitative estimate of drug-likeness (QED) is 0.799. The smallest absolute Gasteiger partial charge is 0.161 e. The third-order valence-electron chi connectivity index (χ3n) is 4.85. The van der Waals surface area contributed by atoms with Gasteiger partial charge in [0.15, 0.2) is 11.6 Å². The van der Waals surface area contributed by atoms with Crippen molar-refractivity contribution in [1.82, 2.24) is 5.32 Å². The number of fused-ring (bicyclic) bond motifs is 1. The fraction of sp³-hybridized carbons (Fsp3) is 0.625. The predicted molar refractivity (Wildman–Crippen MR) is 71.7 cm³/mol. The molecule has 1 aromatic rings. The van der Waals surface area contributed by atoms with Gasteiger partial charge in [0.2, 0.25) is 0 Å². The maximum absolute atomic E-state index is 14.0. The van der Waals surface area contributed by atoms with E-state index >= 15 is 0 Å². The van der Waals surface area contributed by atoms with Crippen LogP contribution in [0, 0.1) is 35.2 Å². The van der Waals surface area contributed by atoms with Gasteiger partial charge < -0.3 is 5.32 Å². The Hall–Kier alpha value is -1.03. The Morgan fingerprint density at radius 2 is 1.75 bits per heavy atom. The van der Waals surface area contributed by atoms with Crippen LogP contribution < -0.4 is 5.32 Å². The Morgan fingerprint density at radius 1 is 1.10 bits per heavy atom. The zero-order chi connectivity index (χ0) is 14.3. The van der Waals surface area contributed by atoms with Crippen LogP contribution in [0.1, 0.15) is 44.2 Å². The number of rotatable bonds is 5. The fourth-order valence-corrected chi connectivity index (χ4v) is 3.90. The lowest BCUT2D eigenvalue weighted by molar-refractivity contribution is 0.397. The lowest BCUT2D eigenvalue weighted by Gasteiger charge is -2.21. The molecule has 0 aromatic heterocycles. The molecule has 1 aromatic carbocycles. The van der Waals surface area contributed by atoms with Crippen LogP contribution in [0.15, 0.2) is 12.1 Å². The van der Waals surface area contributed by atoms with Gasteiger partial charge in [-0.2, -0.15) is 0 Å². The van der Waals surface area contributed by atoms with Gasteiger partial charge in [-0.15, -0.1) is 0 Å². The molecule has 2 fully saturated rings. The van der Waals surface area contributed by atoms with Gasteiger partial charge in [0.1, 0.15) is 5.82 Å². The summed E-state index contributed by atoms with van der Waals surface area (Å²) < 4.78 is 40.6. The zero-order valence-corrected chi connectivity index (χ0v) is 11.6. The summed E-state index contributed by atoms with van der Waals surface area (Å²) in [6, 6.07) is 1.52. The van der Waals surface area contributed by atoms with Crippen molar-refractivity contribution in [3.05, 3.63) is 35.1 Å². The molecule has 1 N–H and O–H groups in total. The van der Waals surface area contributed by atoms with E-state index in [4.69, 9.17) is 0 Å². The standard InChI is InChI=1S/C16H20F3N/c1-2-6-20-16(15-9-4-3-5-10(9)15)11-7-13(18)14(19)8-12(11)17/h7-10,15-16,20H,2-6H2,1H3. The lowest BCUT2D eigenvalue weighted by Crippen LogP contribution is -2.26. The van der Waals surface area contributed by atoms with Crippen molar-refractivity contribution in [2.24, 2.45) is 17.8 Å². The first-order valence-electron chi connectivity index (χ1n) is 7.51. The van der Waals surface area contributed by atoms with Crippen molar-refractivity contribution < 1.29 is 13.2 Å². The minimum absolute atomic E-state index is 0.180. The van der Waals surface area contributed by atoms with Crippen molar-refractivity contribution >= 4 is 0 Å². The highest BCUT2D eigenvalue weighted by atomic mass is 19.2. The molecule has 20 heavy (non-hydrogen) atoms. The lowest BCUT2D eigenvalue weighted by atomic mass is 9.96. The number of hydrogen-bond acceptors (Lipinski definition) is 1. The Kier molecular flexibility index (Phi) is 3.76. The second-order valence-corrected chi connectivity index (χ2v) is 6.06. The Bertz CT molecular complexity index is 493. The highest BCUT2D eigenvalue weighted by Gasteiger charge is 2.56. The largest absolute Gasteiger partial charge is 0.310 e. The molecule has 0 amide bonds. The molecule has 0 saturated heterocycles. The third kappa shape index (κ3) is 2.34. The highest BCUT2D eigenvalue weighted by Crippen LogP contribution is 2.62. The minimum Gasteiger partial charge on any atom is -0.310 e.